The molecule has 1 aliphatic heterocycles. The summed E-state index contributed by atoms with van der Waals surface area (Å²) >= 11 is 0. The van der Waals surface area contributed by atoms with Crippen molar-refractivity contribution in [2.75, 3.05) is 25.0 Å². The van der Waals surface area contributed by atoms with Crippen molar-refractivity contribution in [2.45, 2.75) is 32.1 Å². The molecule has 7 nitrogen and oxygen atoms in total. The van der Waals surface area contributed by atoms with Crippen LogP contribution in [0.1, 0.15) is 37.9 Å². The van der Waals surface area contributed by atoms with E-state index >= 15 is 0 Å². The molecule has 0 aromatic carbocycles. The van der Waals surface area contributed by atoms with E-state index in [0.29, 0.717) is 6.54 Å². The number of piperidine rings is 1. The van der Waals surface area contributed by atoms with Crippen molar-refractivity contribution in [2.24, 2.45) is 0 Å². The molecule has 0 aliphatic carbocycles. The van der Waals surface area contributed by atoms with Crippen LogP contribution in [0.3, 0.4) is 0 Å². The number of nitrogens with zero attached hydrogens (tertiary/aromatic N) is 4. The molecule has 1 saturated heterocycles. The Hall–Kier alpha value is -3.22. The van der Waals surface area contributed by atoms with Crippen molar-refractivity contribution in [3.8, 4) is 11.3 Å². The van der Waals surface area contributed by atoms with E-state index in [2.05, 4.69) is 21.9 Å². The molecule has 3 aromatic rings. The van der Waals surface area contributed by atoms with Gasteiger partial charge in [-0.05, 0) is 25.3 Å². The smallest absolute Gasteiger partial charge is 0.219 e. The van der Waals surface area contributed by atoms with Crippen LogP contribution in [0.2, 0.25) is 0 Å². The Balaban J connectivity index is 1.74. The summed E-state index contributed by atoms with van der Waals surface area (Å²) in [5.74, 6) is 1.81. The third kappa shape index (κ3) is 4.13. The van der Waals surface area contributed by atoms with Gasteiger partial charge in [0, 0.05) is 61.9 Å². The largest absolute Gasteiger partial charge is 0.370 e. The van der Waals surface area contributed by atoms with Crippen LogP contribution in [0.5, 0.6) is 0 Å². The summed E-state index contributed by atoms with van der Waals surface area (Å²) < 4.78 is 0. The summed E-state index contributed by atoms with van der Waals surface area (Å²) in [4.78, 5) is 31.0. The third-order valence-electron chi connectivity index (χ3n) is 5.38. The summed E-state index contributed by atoms with van der Waals surface area (Å²) in [6.07, 6.45) is 10.2. The van der Waals surface area contributed by atoms with E-state index in [0.717, 1.165) is 66.2 Å². The van der Waals surface area contributed by atoms with Gasteiger partial charge in [-0.3, -0.25) is 9.78 Å². The second-order valence-corrected chi connectivity index (χ2v) is 7.43. The molecule has 3 aromatic heterocycles. The molecule has 7 heteroatoms. The number of carbonyl (C=O) groups is 1. The first-order chi connectivity index (χ1) is 14.2. The van der Waals surface area contributed by atoms with Gasteiger partial charge in [-0.15, -0.1) is 6.58 Å². The maximum absolute atomic E-state index is 11.9. The molecule has 1 aliphatic rings. The normalized spacial score (nSPS) is 16.7. The minimum Gasteiger partial charge on any atom is -0.370 e. The average Bonchev–Trinajstić information content (AvgIpc) is 3.23. The zero-order chi connectivity index (χ0) is 20.2. The fourth-order valence-corrected chi connectivity index (χ4v) is 3.84. The average molecular weight is 390 g/mol. The molecular weight excluding hydrogens is 364 g/mol. The maximum Gasteiger partial charge on any atom is 0.219 e. The van der Waals surface area contributed by atoms with Gasteiger partial charge in [-0.2, -0.15) is 0 Å². The summed E-state index contributed by atoms with van der Waals surface area (Å²) in [7, 11) is 0. The van der Waals surface area contributed by atoms with E-state index in [1.165, 1.54) is 0 Å². The molecule has 29 heavy (non-hydrogen) atoms. The molecule has 1 fully saturated rings. The molecule has 1 unspecified atom stereocenters. The van der Waals surface area contributed by atoms with E-state index in [9.17, 15) is 4.79 Å². The van der Waals surface area contributed by atoms with Crippen molar-refractivity contribution in [1.82, 2.24) is 24.8 Å². The van der Waals surface area contributed by atoms with Crippen molar-refractivity contribution in [3.63, 3.8) is 0 Å². The van der Waals surface area contributed by atoms with Gasteiger partial charge >= 0.3 is 0 Å². The molecule has 150 valence electrons. The minimum atomic E-state index is 0.108. The number of aromatic amines is 1. The van der Waals surface area contributed by atoms with E-state index in [1.807, 2.05) is 41.7 Å². The Morgan fingerprint density at radius 2 is 2.31 bits per heavy atom. The standard InChI is InChI=1S/C22H26N6O/c1-3-4-8-25-21-11-19(18-12-23-13-20-17(18)7-9-24-20)26-22(27-21)16-6-5-10-28(14-16)15(2)29/h3,7,9,11-13,16,24H,1,4-6,8,10,14H2,2H3,(H,25,26,27). The number of fused-ring (bicyclic) bond motifs is 1. The molecule has 0 saturated carbocycles. The lowest BCUT2D eigenvalue weighted by atomic mass is 9.96. The Kier molecular flexibility index (Phi) is 5.55. The minimum absolute atomic E-state index is 0.108. The molecule has 1 amide bonds. The summed E-state index contributed by atoms with van der Waals surface area (Å²) in [6.45, 7) is 7.64. The number of pyridine rings is 1. The van der Waals surface area contributed by atoms with Crippen LogP contribution in [-0.4, -0.2) is 50.4 Å². The number of carbonyl (C=O) groups excluding carboxylic acids is 1. The van der Waals surface area contributed by atoms with Crippen molar-refractivity contribution < 1.29 is 4.79 Å². The SMILES string of the molecule is C=CCCNc1cc(-c2cncc3[nH]ccc23)nc(C2CCCN(C(C)=O)C2)n1. The van der Waals surface area contributed by atoms with Gasteiger partial charge in [0.15, 0.2) is 0 Å². The Bertz CT molecular complexity index is 1030. The van der Waals surface area contributed by atoms with Gasteiger partial charge in [-0.25, -0.2) is 9.97 Å². The van der Waals surface area contributed by atoms with Crippen LogP contribution in [0, 0.1) is 0 Å². The summed E-state index contributed by atoms with van der Waals surface area (Å²) in [6, 6.07) is 4.01. The quantitative estimate of drug-likeness (QED) is 0.495. The van der Waals surface area contributed by atoms with Crippen LogP contribution in [0.4, 0.5) is 5.82 Å². The predicted octanol–water partition coefficient (Wildman–Crippen LogP) is 3.73. The second kappa shape index (κ2) is 8.43. The van der Waals surface area contributed by atoms with Crippen molar-refractivity contribution >= 4 is 22.6 Å². The predicted molar refractivity (Wildman–Crippen MR) is 115 cm³/mol. The molecule has 1 atom stereocenters. The number of anilines is 1. The number of aromatic nitrogens is 4. The van der Waals surface area contributed by atoms with Gasteiger partial charge in [0.2, 0.25) is 5.91 Å². The molecule has 2 N–H and O–H groups in total. The van der Waals surface area contributed by atoms with Crippen LogP contribution >= 0.6 is 0 Å². The van der Waals surface area contributed by atoms with E-state index in [-0.39, 0.29) is 11.8 Å². The molecule has 0 bridgehead atoms. The van der Waals surface area contributed by atoms with Crippen LogP contribution in [-0.2, 0) is 4.79 Å². The van der Waals surface area contributed by atoms with Gasteiger partial charge in [0.1, 0.15) is 11.6 Å². The maximum atomic E-state index is 11.9. The molecule has 4 rings (SSSR count). The number of amides is 1. The Labute approximate surface area is 170 Å². The number of nitrogens with one attached hydrogen (secondary N) is 2. The molecule has 0 spiro atoms. The van der Waals surface area contributed by atoms with Crippen LogP contribution in [0.15, 0.2) is 43.4 Å². The summed E-state index contributed by atoms with van der Waals surface area (Å²) in [5, 5.41) is 4.46. The number of hydrogen-bond donors (Lipinski definition) is 2. The Morgan fingerprint density at radius 1 is 1.41 bits per heavy atom. The lowest BCUT2D eigenvalue weighted by molar-refractivity contribution is -0.130. The van der Waals surface area contributed by atoms with Crippen LogP contribution < -0.4 is 5.32 Å². The molecular formula is C22H26N6O. The van der Waals surface area contributed by atoms with Crippen molar-refractivity contribution in [3.05, 3.63) is 49.2 Å². The highest BCUT2D eigenvalue weighted by molar-refractivity contribution is 5.93. The van der Waals surface area contributed by atoms with E-state index in [4.69, 9.17) is 9.97 Å². The topological polar surface area (TPSA) is 86.8 Å². The van der Waals surface area contributed by atoms with Crippen molar-refractivity contribution in [1.29, 1.82) is 0 Å². The monoisotopic (exact) mass is 390 g/mol. The highest BCUT2D eigenvalue weighted by Gasteiger charge is 2.26. The van der Waals surface area contributed by atoms with E-state index in [1.54, 1.807) is 6.92 Å². The van der Waals surface area contributed by atoms with Gasteiger partial charge in [0.25, 0.3) is 0 Å². The number of H-pyrrole nitrogens is 1. The molecule has 4 heterocycles. The van der Waals surface area contributed by atoms with Crippen LogP contribution in [0.25, 0.3) is 22.2 Å². The third-order valence-corrected chi connectivity index (χ3v) is 5.38. The number of hydrogen-bond acceptors (Lipinski definition) is 5. The first kappa shape index (κ1) is 19.1. The fraction of sp³-hybridized carbons (Fsp3) is 0.364. The van der Waals surface area contributed by atoms with E-state index < -0.39 is 0 Å². The number of rotatable bonds is 6. The highest BCUT2D eigenvalue weighted by atomic mass is 16.2. The zero-order valence-corrected chi connectivity index (χ0v) is 16.7. The second-order valence-electron chi connectivity index (χ2n) is 7.43. The lowest BCUT2D eigenvalue weighted by Gasteiger charge is -2.31. The summed E-state index contributed by atoms with van der Waals surface area (Å²) in [5.41, 5.74) is 2.79. The first-order valence-electron chi connectivity index (χ1n) is 10.1. The Morgan fingerprint density at radius 3 is 3.14 bits per heavy atom. The zero-order valence-electron chi connectivity index (χ0n) is 16.7. The molecule has 0 radical (unpaired) electrons. The van der Waals surface area contributed by atoms with Gasteiger partial charge in [-0.1, -0.05) is 6.08 Å². The fourth-order valence-electron chi connectivity index (χ4n) is 3.84. The highest BCUT2D eigenvalue weighted by Crippen LogP contribution is 2.31. The number of likely N-dealkylation sites (tertiary alicyclic amines) is 1. The lowest BCUT2D eigenvalue weighted by Crippen LogP contribution is -2.38. The van der Waals surface area contributed by atoms with Gasteiger partial charge in [0.05, 0.1) is 17.4 Å². The van der Waals surface area contributed by atoms with Gasteiger partial charge < -0.3 is 15.2 Å². The first-order valence-corrected chi connectivity index (χ1v) is 10.1.